The van der Waals surface area contributed by atoms with Crippen LogP contribution >= 0.6 is 15.9 Å². The molecule has 0 heterocycles. The van der Waals surface area contributed by atoms with Crippen LogP contribution in [0.1, 0.15) is 93.4 Å². The SMILES string of the molecule is COC(=O)[C@]12CCC(C)(C)C[C@H]1C1C(=O)C=C3[C@@]4(C)C=C(Br)C(O)C(C)(C)[C@@H]4CC[C@@]3(C)[C@]1(C)CC2. The Morgan fingerprint density at radius 2 is 1.67 bits per heavy atom. The Morgan fingerprint density at radius 1 is 1.03 bits per heavy atom. The molecule has 4 nitrogen and oxygen atoms in total. The van der Waals surface area contributed by atoms with Crippen LogP contribution in [-0.2, 0) is 14.3 Å². The minimum Gasteiger partial charge on any atom is -0.469 e. The van der Waals surface area contributed by atoms with Gasteiger partial charge in [-0.2, -0.15) is 0 Å². The van der Waals surface area contributed by atoms with Crippen LogP contribution in [-0.4, -0.2) is 30.1 Å². The summed E-state index contributed by atoms with van der Waals surface area (Å²) in [6.45, 7) is 16.0. The van der Waals surface area contributed by atoms with Crippen LogP contribution in [0.15, 0.2) is 22.2 Å². The van der Waals surface area contributed by atoms with Crippen molar-refractivity contribution in [2.75, 3.05) is 7.11 Å². The molecule has 200 valence electrons. The molecule has 5 heteroatoms. The van der Waals surface area contributed by atoms with Crippen LogP contribution < -0.4 is 0 Å². The average Bonchev–Trinajstić information content (AvgIpc) is 2.78. The first-order valence-corrected chi connectivity index (χ1v) is 14.7. The van der Waals surface area contributed by atoms with Crippen molar-refractivity contribution < 1.29 is 19.4 Å². The zero-order valence-electron chi connectivity index (χ0n) is 23.5. The third-order valence-corrected chi connectivity index (χ3v) is 13.2. The average molecular weight is 562 g/mol. The van der Waals surface area contributed by atoms with E-state index in [-0.39, 0.29) is 56.6 Å². The van der Waals surface area contributed by atoms with Gasteiger partial charge >= 0.3 is 5.97 Å². The molecule has 0 aromatic carbocycles. The van der Waals surface area contributed by atoms with Gasteiger partial charge in [0.1, 0.15) is 0 Å². The Bertz CT molecular complexity index is 1070. The van der Waals surface area contributed by atoms with Crippen molar-refractivity contribution in [3.8, 4) is 0 Å². The number of rotatable bonds is 1. The van der Waals surface area contributed by atoms with E-state index in [4.69, 9.17) is 4.74 Å². The highest BCUT2D eigenvalue weighted by Gasteiger charge is 2.71. The molecule has 5 rings (SSSR count). The van der Waals surface area contributed by atoms with Crippen molar-refractivity contribution in [1.82, 2.24) is 0 Å². The summed E-state index contributed by atoms with van der Waals surface area (Å²) in [5.74, 6) is 0.180. The number of methoxy groups -OCH3 is 1. The third kappa shape index (κ3) is 3.14. The van der Waals surface area contributed by atoms with Gasteiger partial charge in [-0.05, 0) is 84.5 Å². The summed E-state index contributed by atoms with van der Waals surface area (Å²) < 4.78 is 6.26. The standard InChI is InChI=1S/C31H45BrO4/c1-26(2)11-13-31(25(35)36-8)14-12-30(7)23(18(31)16-26)20(33)15-22-28(5)17-19(32)24(34)27(3,4)21(28)9-10-29(22,30)6/h15,17-18,21,23-24,34H,9-14,16H2,1-8H3/t18-,21-,23?,24?,28-,29+,30+,31-/m0/s1. The lowest BCUT2D eigenvalue weighted by molar-refractivity contribution is -0.191. The Kier molecular flexibility index (Phi) is 5.78. The first kappa shape index (κ1) is 26.7. The summed E-state index contributed by atoms with van der Waals surface area (Å²) >= 11 is 3.69. The summed E-state index contributed by atoms with van der Waals surface area (Å²) in [7, 11) is 1.51. The summed E-state index contributed by atoms with van der Waals surface area (Å²) in [6.07, 6.45) is 10.0. The molecule has 0 aromatic rings. The van der Waals surface area contributed by atoms with Gasteiger partial charge in [-0.3, -0.25) is 9.59 Å². The largest absolute Gasteiger partial charge is 0.469 e. The molecule has 0 aliphatic heterocycles. The molecule has 0 radical (unpaired) electrons. The number of hydrogen-bond donors (Lipinski definition) is 1. The number of hydrogen-bond acceptors (Lipinski definition) is 4. The number of aliphatic hydroxyl groups excluding tert-OH is 1. The van der Waals surface area contributed by atoms with E-state index >= 15 is 0 Å². The molecule has 0 amide bonds. The van der Waals surface area contributed by atoms with E-state index in [9.17, 15) is 14.7 Å². The molecule has 36 heavy (non-hydrogen) atoms. The van der Waals surface area contributed by atoms with Crippen molar-refractivity contribution in [3.05, 3.63) is 22.2 Å². The second-order valence-corrected chi connectivity index (χ2v) is 15.9. The summed E-state index contributed by atoms with van der Waals surface area (Å²) in [5.41, 5.74) is -0.181. The number of esters is 1. The molecule has 5 aliphatic rings. The monoisotopic (exact) mass is 560 g/mol. The van der Waals surface area contributed by atoms with Gasteiger partial charge in [-0.15, -0.1) is 0 Å². The Morgan fingerprint density at radius 3 is 2.31 bits per heavy atom. The fraction of sp³-hybridized carbons (Fsp3) is 0.806. The molecule has 8 atom stereocenters. The highest BCUT2D eigenvalue weighted by atomic mass is 79.9. The molecule has 0 bridgehead atoms. The van der Waals surface area contributed by atoms with Gasteiger partial charge in [0.25, 0.3) is 0 Å². The number of aliphatic hydroxyl groups is 1. The predicted octanol–water partition coefficient (Wildman–Crippen LogP) is 7.00. The maximum Gasteiger partial charge on any atom is 0.312 e. The third-order valence-electron chi connectivity index (χ3n) is 12.5. The van der Waals surface area contributed by atoms with Crippen LogP contribution in [0.2, 0.25) is 0 Å². The highest BCUT2D eigenvalue weighted by molar-refractivity contribution is 9.11. The molecular weight excluding hydrogens is 516 g/mol. The van der Waals surface area contributed by atoms with E-state index in [0.717, 1.165) is 49.4 Å². The Hall–Kier alpha value is -0.940. The van der Waals surface area contributed by atoms with E-state index in [0.29, 0.717) is 0 Å². The maximum absolute atomic E-state index is 14.4. The molecule has 1 N–H and O–H groups in total. The lowest BCUT2D eigenvalue weighted by atomic mass is 9.34. The lowest BCUT2D eigenvalue weighted by Gasteiger charge is -2.69. The van der Waals surface area contributed by atoms with Gasteiger partial charge in [0.05, 0.1) is 18.6 Å². The summed E-state index contributed by atoms with van der Waals surface area (Å²) in [4.78, 5) is 27.7. The minimum atomic E-state index is -0.549. The number of allylic oxidation sites excluding steroid dienone is 3. The number of fused-ring (bicyclic) bond motifs is 7. The Balaban J connectivity index is 1.69. The molecule has 3 saturated carbocycles. The normalized spacial score (nSPS) is 48.9. The molecule has 0 spiro atoms. The minimum absolute atomic E-state index is 0.00648. The van der Waals surface area contributed by atoms with Crippen LogP contribution in [0.3, 0.4) is 0 Å². The number of halogens is 1. The molecule has 0 aromatic heterocycles. The van der Waals surface area contributed by atoms with Crippen molar-refractivity contribution in [3.63, 3.8) is 0 Å². The van der Waals surface area contributed by atoms with Crippen molar-refractivity contribution in [1.29, 1.82) is 0 Å². The van der Waals surface area contributed by atoms with Gasteiger partial charge < -0.3 is 9.84 Å². The second-order valence-electron chi connectivity index (χ2n) is 14.9. The second kappa shape index (κ2) is 7.81. The smallest absolute Gasteiger partial charge is 0.312 e. The van der Waals surface area contributed by atoms with E-state index in [1.165, 1.54) is 12.7 Å². The Labute approximate surface area is 225 Å². The van der Waals surface area contributed by atoms with Crippen molar-refractivity contribution in [2.45, 2.75) is 99.5 Å². The fourth-order valence-electron chi connectivity index (χ4n) is 10.2. The highest BCUT2D eigenvalue weighted by Crippen LogP contribution is 2.75. The van der Waals surface area contributed by atoms with Crippen LogP contribution in [0.25, 0.3) is 0 Å². The predicted molar refractivity (Wildman–Crippen MR) is 145 cm³/mol. The summed E-state index contributed by atoms with van der Waals surface area (Å²) in [5, 5.41) is 11.0. The van der Waals surface area contributed by atoms with E-state index in [1.54, 1.807) is 0 Å². The van der Waals surface area contributed by atoms with E-state index < -0.39 is 11.5 Å². The maximum atomic E-state index is 14.4. The fourth-order valence-corrected chi connectivity index (χ4v) is 11.2. The number of ether oxygens (including phenoxy) is 1. The first-order chi connectivity index (χ1) is 16.5. The topological polar surface area (TPSA) is 63.6 Å². The molecule has 3 fully saturated rings. The number of ketones is 1. The molecule has 0 saturated heterocycles. The van der Waals surface area contributed by atoms with Crippen molar-refractivity contribution >= 4 is 27.7 Å². The zero-order valence-corrected chi connectivity index (χ0v) is 25.0. The first-order valence-electron chi connectivity index (χ1n) is 13.9. The lowest BCUT2D eigenvalue weighted by Crippen LogP contribution is -2.66. The van der Waals surface area contributed by atoms with Gasteiger partial charge in [0, 0.05) is 15.8 Å². The van der Waals surface area contributed by atoms with Crippen molar-refractivity contribution in [2.24, 2.45) is 50.2 Å². The van der Waals surface area contributed by atoms with Gasteiger partial charge in [0.15, 0.2) is 5.78 Å². The molecule has 5 aliphatic carbocycles. The van der Waals surface area contributed by atoms with Crippen LogP contribution in [0.5, 0.6) is 0 Å². The summed E-state index contributed by atoms with van der Waals surface area (Å²) in [6, 6.07) is 0. The zero-order chi connectivity index (χ0) is 26.7. The molecule has 2 unspecified atom stereocenters. The van der Waals surface area contributed by atoms with Gasteiger partial charge in [0.2, 0.25) is 0 Å². The number of carbonyl (C=O) groups is 2. The van der Waals surface area contributed by atoms with Gasteiger partial charge in [-0.1, -0.05) is 76.0 Å². The quantitative estimate of drug-likeness (QED) is 0.350. The van der Waals surface area contributed by atoms with Crippen LogP contribution in [0.4, 0.5) is 0 Å². The van der Waals surface area contributed by atoms with Gasteiger partial charge in [-0.25, -0.2) is 0 Å². The number of carbonyl (C=O) groups excluding carboxylic acids is 2. The molecular formula is C31H45BrO4. The van der Waals surface area contributed by atoms with E-state index in [2.05, 4.69) is 70.5 Å². The van der Waals surface area contributed by atoms with Crippen LogP contribution in [0, 0.1) is 50.2 Å². The van der Waals surface area contributed by atoms with E-state index in [1.807, 2.05) is 6.08 Å².